The number of nitrogens with zero attached hydrogens (tertiary/aromatic N) is 1. The first kappa shape index (κ1) is 11.4. The van der Waals surface area contributed by atoms with E-state index in [4.69, 9.17) is 0 Å². The summed E-state index contributed by atoms with van der Waals surface area (Å²) in [5.41, 5.74) is 2.87. The van der Waals surface area contributed by atoms with Crippen molar-refractivity contribution in [2.75, 3.05) is 31.1 Å². The molecule has 1 unspecified atom stereocenters. The summed E-state index contributed by atoms with van der Waals surface area (Å²) in [5, 5.41) is 3.48. The number of hydrogen-bond donors (Lipinski definition) is 1. The van der Waals surface area contributed by atoms with Crippen molar-refractivity contribution in [3.8, 4) is 0 Å². The molecule has 0 spiro atoms. The van der Waals surface area contributed by atoms with Gasteiger partial charge >= 0.3 is 0 Å². The molecule has 1 aromatic rings. The highest BCUT2D eigenvalue weighted by molar-refractivity contribution is 7.85. The lowest BCUT2D eigenvalue weighted by Crippen LogP contribution is -2.45. The lowest BCUT2D eigenvalue weighted by molar-refractivity contribution is 0.202. The highest BCUT2D eigenvalue weighted by Crippen LogP contribution is 2.27. The SMILES string of the molecule is O=S1CCN(C2CNCc3ccccc32)CC1. The average molecular weight is 250 g/mol. The number of rotatable bonds is 1. The van der Waals surface area contributed by atoms with Gasteiger partial charge < -0.3 is 5.32 Å². The minimum atomic E-state index is -0.585. The smallest absolute Gasteiger partial charge is 0.0476 e. The molecule has 2 aliphatic rings. The third-order valence-electron chi connectivity index (χ3n) is 3.72. The van der Waals surface area contributed by atoms with Crippen LogP contribution in [-0.4, -0.2) is 40.2 Å². The molecule has 0 amide bonds. The van der Waals surface area contributed by atoms with Crippen molar-refractivity contribution >= 4 is 10.8 Å². The van der Waals surface area contributed by atoms with Gasteiger partial charge in [-0.2, -0.15) is 0 Å². The molecule has 17 heavy (non-hydrogen) atoms. The highest BCUT2D eigenvalue weighted by atomic mass is 32.2. The average Bonchev–Trinajstić information content (AvgIpc) is 2.39. The first-order valence-corrected chi connectivity index (χ1v) is 7.71. The summed E-state index contributed by atoms with van der Waals surface area (Å²) in [6, 6.07) is 9.15. The Morgan fingerprint density at radius 1 is 1.24 bits per heavy atom. The van der Waals surface area contributed by atoms with Crippen LogP contribution in [0, 0.1) is 0 Å². The zero-order valence-corrected chi connectivity index (χ0v) is 10.7. The molecule has 0 aliphatic carbocycles. The van der Waals surface area contributed by atoms with Crippen molar-refractivity contribution in [2.45, 2.75) is 12.6 Å². The molecule has 0 bridgehead atoms. The van der Waals surface area contributed by atoms with Gasteiger partial charge in [0.1, 0.15) is 0 Å². The summed E-state index contributed by atoms with van der Waals surface area (Å²) in [6.07, 6.45) is 0. The molecule has 2 heterocycles. The minimum absolute atomic E-state index is 0.470. The zero-order valence-electron chi connectivity index (χ0n) is 9.89. The first-order chi connectivity index (χ1) is 8.34. The van der Waals surface area contributed by atoms with Crippen LogP contribution >= 0.6 is 0 Å². The van der Waals surface area contributed by atoms with Crippen molar-refractivity contribution in [3.05, 3.63) is 35.4 Å². The van der Waals surface area contributed by atoms with Gasteiger partial charge in [0.05, 0.1) is 0 Å². The summed E-state index contributed by atoms with van der Waals surface area (Å²) in [7, 11) is -0.585. The summed E-state index contributed by atoms with van der Waals surface area (Å²) >= 11 is 0. The van der Waals surface area contributed by atoms with E-state index in [1.165, 1.54) is 11.1 Å². The topological polar surface area (TPSA) is 32.3 Å². The van der Waals surface area contributed by atoms with Crippen LogP contribution in [-0.2, 0) is 17.3 Å². The third kappa shape index (κ3) is 2.30. The molecule has 3 rings (SSSR count). The minimum Gasteiger partial charge on any atom is -0.311 e. The molecule has 2 aliphatic heterocycles. The Bertz CT molecular complexity index is 425. The maximum absolute atomic E-state index is 11.4. The monoisotopic (exact) mass is 250 g/mol. The standard InChI is InChI=1S/C13H18N2OS/c16-17-7-5-15(6-8-17)13-10-14-9-11-3-1-2-4-12(11)13/h1-4,13-14H,5-10H2. The van der Waals surface area contributed by atoms with Gasteiger partial charge in [0, 0.05) is 54.5 Å². The van der Waals surface area contributed by atoms with Crippen molar-refractivity contribution in [1.29, 1.82) is 0 Å². The van der Waals surface area contributed by atoms with E-state index in [1.807, 2.05) is 0 Å². The maximum atomic E-state index is 11.4. The predicted molar refractivity (Wildman–Crippen MR) is 70.3 cm³/mol. The number of nitrogens with one attached hydrogen (secondary N) is 1. The lowest BCUT2D eigenvalue weighted by Gasteiger charge is -2.38. The van der Waals surface area contributed by atoms with E-state index >= 15 is 0 Å². The lowest BCUT2D eigenvalue weighted by atomic mass is 9.95. The van der Waals surface area contributed by atoms with Gasteiger partial charge in [0.15, 0.2) is 0 Å². The van der Waals surface area contributed by atoms with Crippen molar-refractivity contribution in [3.63, 3.8) is 0 Å². The van der Waals surface area contributed by atoms with E-state index < -0.39 is 10.8 Å². The Morgan fingerprint density at radius 2 is 2.00 bits per heavy atom. The molecular formula is C13H18N2OS. The molecule has 1 saturated heterocycles. The predicted octanol–water partition coefficient (Wildman–Crippen LogP) is 0.895. The fourth-order valence-electron chi connectivity index (χ4n) is 2.76. The van der Waals surface area contributed by atoms with Crippen LogP contribution in [0.15, 0.2) is 24.3 Å². The molecule has 0 saturated carbocycles. The molecule has 0 radical (unpaired) electrons. The van der Waals surface area contributed by atoms with Crippen LogP contribution in [0.2, 0.25) is 0 Å². The van der Waals surface area contributed by atoms with Crippen LogP contribution in [0.1, 0.15) is 17.2 Å². The Hall–Kier alpha value is -0.710. The summed E-state index contributed by atoms with van der Waals surface area (Å²) < 4.78 is 11.4. The third-order valence-corrected chi connectivity index (χ3v) is 5.00. The zero-order chi connectivity index (χ0) is 11.7. The molecule has 0 aromatic heterocycles. The van der Waals surface area contributed by atoms with Crippen molar-refractivity contribution in [2.24, 2.45) is 0 Å². The number of benzene rings is 1. The second kappa shape index (κ2) is 4.88. The van der Waals surface area contributed by atoms with Crippen molar-refractivity contribution < 1.29 is 4.21 Å². The summed E-state index contributed by atoms with van der Waals surface area (Å²) in [6.45, 7) is 3.93. The largest absolute Gasteiger partial charge is 0.311 e. The number of hydrogen-bond acceptors (Lipinski definition) is 3. The van der Waals surface area contributed by atoms with Crippen LogP contribution < -0.4 is 5.32 Å². The second-order valence-electron chi connectivity index (χ2n) is 4.73. The normalized spacial score (nSPS) is 26.7. The quantitative estimate of drug-likeness (QED) is 0.803. The van der Waals surface area contributed by atoms with Gasteiger partial charge in [-0.05, 0) is 11.1 Å². The number of fused-ring (bicyclic) bond motifs is 1. The second-order valence-corrected chi connectivity index (χ2v) is 6.43. The Morgan fingerprint density at radius 3 is 2.82 bits per heavy atom. The molecule has 3 nitrogen and oxygen atoms in total. The van der Waals surface area contributed by atoms with Crippen LogP contribution in [0.4, 0.5) is 0 Å². The summed E-state index contributed by atoms with van der Waals surface area (Å²) in [5.74, 6) is 1.66. The molecule has 1 fully saturated rings. The van der Waals surface area contributed by atoms with Crippen molar-refractivity contribution in [1.82, 2.24) is 10.2 Å². The first-order valence-electron chi connectivity index (χ1n) is 6.22. The Balaban J connectivity index is 1.83. The fourth-order valence-corrected chi connectivity index (χ4v) is 3.84. The van der Waals surface area contributed by atoms with Crippen LogP contribution in [0.25, 0.3) is 0 Å². The van der Waals surface area contributed by atoms with Crippen LogP contribution in [0.3, 0.4) is 0 Å². The van der Waals surface area contributed by atoms with Gasteiger partial charge in [0.25, 0.3) is 0 Å². The van der Waals surface area contributed by atoms with E-state index in [-0.39, 0.29) is 0 Å². The molecule has 4 heteroatoms. The van der Waals surface area contributed by atoms with Gasteiger partial charge in [0.2, 0.25) is 0 Å². The fraction of sp³-hybridized carbons (Fsp3) is 0.538. The molecule has 1 N–H and O–H groups in total. The van der Waals surface area contributed by atoms with E-state index in [0.717, 1.165) is 37.7 Å². The molecule has 1 aromatic carbocycles. The van der Waals surface area contributed by atoms with E-state index in [2.05, 4.69) is 34.5 Å². The Kier molecular flexibility index (Phi) is 3.27. The highest BCUT2D eigenvalue weighted by Gasteiger charge is 2.27. The van der Waals surface area contributed by atoms with Gasteiger partial charge in [-0.25, -0.2) is 0 Å². The molecule has 92 valence electrons. The van der Waals surface area contributed by atoms with E-state index in [1.54, 1.807) is 0 Å². The van der Waals surface area contributed by atoms with Gasteiger partial charge in [-0.1, -0.05) is 24.3 Å². The van der Waals surface area contributed by atoms with E-state index in [9.17, 15) is 4.21 Å². The van der Waals surface area contributed by atoms with Gasteiger partial charge in [-0.15, -0.1) is 0 Å². The molecular weight excluding hydrogens is 232 g/mol. The van der Waals surface area contributed by atoms with Gasteiger partial charge in [-0.3, -0.25) is 9.11 Å². The Labute approximate surface area is 105 Å². The maximum Gasteiger partial charge on any atom is 0.0476 e. The summed E-state index contributed by atoms with van der Waals surface area (Å²) in [4.78, 5) is 2.48. The van der Waals surface area contributed by atoms with E-state index in [0.29, 0.717) is 6.04 Å². The molecule has 1 atom stereocenters. The van der Waals surface area contributed by atoms with Crippen LogP contribution in [0.5, 0.6) is 0 Å².